The zero-order valence-electron chi connectivity index (χ0n) is 32.2. The minimum absolute atomic E-state index is 0.0867. The van der Waals surface area contributed by atoms with Gasteiger partial charge in [0.15, 0.2) is 23.7 Å². The summed E-state index contributed by atoms with van der Waals surface area (Å²) in [6.07, 6.45) is -17.7. The van der Waals surface area contributed by atoms with Crippen LogP contribution in [0.25, 0.3) is 0 Å². The van der Waals surface area contributed by atoms with Crippen LogP contribution in [0, 0.1) is 0 Å². The zero-order valence-corrected chi connectivity index (χ0v) is 33.0. The lowest BCUT2D eigenvalue weighted by Crippen LogP contribution is -2.63. The highest BCUT2D eigenvalue weighted by molar-refractivity contribution is 7.11. The first-order valence-corrected chi connectivity index (χ1v) is 18.8. The Kier molecular flexibility index (Phi) is 14.3. The number of thiazole rings is 1. The molecule has 3 aromatic rings. The average Bonchev–Trinajstić information content (AvgIpc) is 3.83. The van der Waals surface area contributed by atoms with Crippen LogP contribution in [0.1, 0.15) is 67.5 Å². The molecule has 1 N–H and O–H groups in total. The summed E-state index contributed by atoms with van der Waals surface area (Å²) >= 11 is -0.0867. The molecule has 1 aliphatic heterocycles. The highest BCUT2D eigenvalue weighted by Crippen LogP contribution is 2.52. The third-order valence-corrected chi connectivity index (χ3v) is 10.0. The third-order valence-electron chi connectivity index (χ3n) is 8.82. The van der Waals surface area contributed by atoms with Gasteiger partial charge in [-0.25, -0.2) is 9.97 Å². The molecule has 5 rings (SSSR count). The lowest BCUT2D eigenvalue weighted by atomic mass is 9.91. The number of pyridine rings is 1. The van der Waals surface area contributed by atoms with Crippen LogP contribution in [-0.4, -0.2) is 101 Å². The minimum atomic E-state index is -6.23. The van der Waals surface area contributed by atoms with E-state index in [1.165, 1.54) is 30.5 Å². The molecule has 24 heteroatoms. The maximum atomic E-state index is 13.8. The Labute approximate surface area is 344 Å². The van der Waals surface area contributed by atoms with Crippen molar-refractivity contribution in [2.45, 2.75) is 114 Å². The topological polar surface area (TPSA) is 188 Å². The highest BCUT2D eigenvalue weighted by atomic mass is 32.1. The minimum Gasteiger partial charge on any atom is -0.487 e. The molecule has 2 aliphatic rings. The molecule has 1 saturated carbocycles. The Balaban J connectivity index is 1.51. The molecule has 1 aliphatic carbocycles. The lowest BCUT2D eigenvalue weighted by molar-refractivity contribution is -0.376. The van der Waals surface area contributed by atoms with Crippen molar-refractivity contribution in [3.8, 4) is 17.4 Å². The van der Waals surface area contributed by atoms with E-state index in [2.05, 4.69) is 14.7 Å². The van der Waals surface area contributed by atoms with Crippen molar-refractivity contribution in [1.82, 2.24) is 9.97 Å². The molecular formula is C37H36F8N2O13S. The molecule has 0 amide bonds. The Hall–Kier alpha value is -5.36. The van der Waals surface area contributed by atoms with E-state index < -0.39 is 96.7 Å². The number of nitrogens with zero attached hydrogens (tertiary/aromatic N) is 2. The van der Waals surface area contributed by atoms with Crippen LogP contribution in [-0.2, 0) is 54.9 Å². The first kappa shape index (κ1) is 46.7. The maximum Gasteiger partial charge on any atom is 0.433 e. The van der Waals surface area contributed by atoms with Crippen molar-refractivity contribution in [2.75, 3.05) is 6.61 Å². The quantitative estimate of drug-likeness (QED) is 0.103. The number of alkyl halides is 8. The second kappa shape index (κ2) is 18.7. The second-order valence-electron chi connectivity index (χ2n) is 13.6. The van der Waals surface area contributed by atoms with Gasteiger partial charge in [-0.1, -0.05) is 12.1 Å². The fraction of sp³-hybridized carbons (Fsp3) is 0.514. The average molecular weight is 901 g/mol. The summed E-state index contributed by atoms with van der Waals surface area (Å²) in [5.41, 5.74) is -4.93. The number of hydrogen-bond donors (Lipinski definition) is 1. The molecule has 15 nitrogen and oxygen atoms in total. The van der Waals surface area contributed by atoms with Gasteiger partial charge in [-0.15, -0.1) is 11.3 Å². The van der Waals surface area contributed by atoms with Crippen LogP contribution in [0.2, 0.25) is 0 Å². The summed E-state index contributed by atoms with van der Waals surface area (Å²) in [5, 5.41) is 8.33. The van der Waals surface area contributed by atoms with Gasteiger partial charge in [-0.3, -0.25) is 19.2 Å². The van der Waals surface area contributed by atoms with E-state index in [1.54, 1.807) is 0 Å². The summed E-state index contributed by atoms with van der Waals surface area (Å²) in [7, 11) is 0. The predicted octanol–water partition coefficient (Wildman–Crippen LogP) is 5.83. The fourth-order valence-corrected chi connectivity index (χ4v) is 7.21. The van der Waals surface area contributed by atoms with E-state index in [0.717, 1.165) is 33.8 Å². The molecule has 0 bridgehead atoms. The zero-order chi connectivity index (χ0) is 45.0. The van der Waals surface area contributed by atoms with Gasteiger partial charge in [0.1, 0.15) is 17.7 Å². The molecule has 334 valence electrons. The van der Waals surface area contributed by atoms with Crippen LogP contribution >= 0.6 is 11.3 Å². The van der Waals surface area contributed by atoms with Crippen molar-refractivity contribution in [1.29, 1.82) is 0 Å². The van der Waals surface area contributed by atoms with Crippen LogP contribution in [0.4, 0.5) is 35.1 Å². The number of benzene rings is 1. The molecule has 3 heterocycles. The first-order chi connectivity index (χ1) is 28.5. The molecule has 1 aromatic carbocycles. The molecule has 1 saturated heterocycles. The van der Waals surface area contributed by atoms with Crippen molar-refractivity contribution in [3.63, 3.8) is 0 Å². The Morgan fingerprint density at radius 3 is 1.97 bits per heavy atom. The first-order valence-electron chi connectivity index (χ1n) is 18.0. The van der Waals surface area contributed by atoms with E-state index >= 15 is 0 Å². The monoisotopic (exact) mass is 900 g/mol. The van der Waals surface area contributed by atoms with Gasteiger partial charge in [0, 0.05) is 57.0 Å². The SMILES string of the molecule is CC(=O)OCC1O[C@@H](Oc2ccc(C[C@@H](c3ccc(OC(F)F)c(OC4CC4)c3)c3cnc(C(O)(C(F)(F)F)C(F)(F)F)s3)cn2)[C@H](OC(C)=O)C(OC(C)=O)[C@@H]1OC(C)=O. The number of aromatic nitrogens is 2. The summed E-state index contributed by atoms with van der Waals surface area (Å²) < 4.78 is 153. The number of ether oxygens (including phenoxy) is 8. The van der Waals surface area contributed by atoms with Gasteiger partial charge in [0.2, 0.25) is 18.3 Å². The largest absolute Gasteiger partial charge is 0.487 e. The highest BCUT2D eigenvalue weighted by Gasteiger charge is 2.73. The van der Waals surface area contributed by atoms with Crippen LogP contribution in [0.5, 0.6) is 17.4 Å². The Bertz CT molecular complexity index is 2030. The predicted molar refractivity (Wildman–Crippen MR) is 187 cm³/mol. The molecule has 0 spiro atoms. The molecule has 2 fully saturated rings. The van der Waals surface area contributed by atoms with Crippen molar-refractivity contribution in [3.05, 3.63) is 63.7 Å². The van der Waals surface area contributed by atoms with E-state index in [4.69, 9.17) is 33.2 Å². The van der Waals surface area contributed by atoms with Crippen molar-refractivity contribution in [2.24, 2.45) is 0 Å². The van der Waals surface area contributed by atoms with E-state index in [9.17, 15) is 59.4 Å². The van der Waals surface area contributed by atoms with Gasteiger partial charge in [-0.05, 0) is 42.5 Å². The van der Waals surface area contributed by atoms with Crippen LogP contribution in [0.15, 0.2) is 42.7 Å². The smallest absolute Gasteiger partial charge is 0.433 e. The third kappa shape index (κ3) is 11.5. The lowest BCUT2D eigenvalue weighted by Gasteiger charge is -2.43. The van der Waals surface area contributed by atoms with Gasteiger partial charge < -0.3 is 43.0 Å². The fourth-order valence-electron chi connectivity index (χ4n) is 6.03. The van der Waals surface area contributed by atoms with Gasteiger partial charge in [-0.2, -0.15) is 35.1 Å². The molecule has 61 heavy (non-hydrogen) atoms. The molecular weight excluding hydrogens is 864 g/mol. The van der Waals surface area contributed by atoms with Gasteiger partial charge in [0.25, 0.3) is 0 Å². The number of esters is 4. The second-order valence-corrected chi connectivity index (χ2v) is 14.7. The van der Waals surface area contributed by atoms with Crippen molar-refractivity contribution >= 4 is 35.2 Å². The summed E-state index contributed by atoms with van der Waals surface area (Å²) in [6, 6.07) is 6.20. The molecule has 6 atom stereocenters. The summed E-state index contributed by atoms with van der Waals surface area (Å²) in [6.45, 7) is 0.307. The van der Waals surface area contributed by atoms with Crippen molar-refractivity contribution < 1.29 is 97.3 Å². The molecule has 0 radical (unpaired) electrons. The number of carbonyl (C=O) groups excluding carboxylic acids is 4. The normalized spacial score (nSPS) is 21.2. The summed E-state index contributed by atoms with van der Waals surface area (Å²) in [5.74, 6) is -5.44. The molecule has 2 unspecified atom stereocenters. The van der Waals surface area contributed by atoms with Gasteiger partial charge >= 0.3 is 48.4 Å². The Morgan fingerprint density at radius 2 is 1.43 bits per heavy atom. The standard InChI is InChI=1S/C37H36F8N2O13S/c1-16(48)53-15-26-29(54-17(2)49)30(55-18(3)50)31(56-19(4)51)32(58-26)60-28-10-5-20(13-46-28)11-23(21-6-9-24(59-34(38)39)25(12-21)57-22-7-8-22)27-14-47-33(61-27)35(52,36(40,41)42)37(43,44)45/h5-6,9-10,12-14,22-23,26,29-32,34,52H,7-8,11,15H2,1-4H3/t23-,26?,29+,30?,31+,32-/m0/s1. The van der Waals surface area contributed by atoms with Crippen LogP contribution < -0.4 is 14.2 Å². The number of hydrogen-bond acceptors (Lipinski definition) is 16. The van der Waals surface area contributed by atoms with Crippen LogP contribution in [0.3, 0.4) is 0 Å². The van der Waals surface area contributed by atoms with E-state index in [-0.39, 0.29) is 57.2 Å². The number of carbonyl (C=O) groups is 4. The molecule has 2 aromatic heterocycles. The Morgan fingerprint density at radius 1 is 0.803 bits per heavy atom. The number of aliphatic hydroxyl groups is 1. The number of rotatable bonds is 16. The maximum absolute atomic E-state index is 13.8. The van der Waals surface area contributed by atoms with E-state index in [0.29, 0.717) is 19.0 Å². The van der Waals surface area contributed by atoms with Gasteiger partial charge in [0.05, 0.1) is 6.10 Å². The van der Waals surface area contributed by atoms with E-state index in [1.807, 2.05) is 0 Å². The summed E-state index contributed by atoms with van der Waals surface area (Å²) in [4.78, 5) is 55.4. The number of halogens is 8.